The summed E-state index contributed by atoms with van der Waals surface area (Å²) in [5.41, 5.74) is 0.987. The van der Waals surface area contributed by atoms with Crippen molar-refractivity contribution in [1.29, 1.82) is 0 Å². The third kappa shape index (κ3) is 3.01. The van der Waals surface area contributed by atoms with Gasteiger partial charge in [0, 0.05) is 12.8 Å². The van der Waals surface area contributed by atoms with Gasteiger partial charge in [-0.05, 0) is 31.2 Å². The number of benzene rings is 1. The average Bonchev–Trinajstić information content (AvgIpc) is 2.71. The summed E-state index contributed by atoms with van der Waals surface area (Å²) in [6.45, 7) is 0.312. The molecule has 0 radical (unpaired) electrons. The summed E-state index contributed by atoms with van der Waals surface area (Å²) in [7, 11) is 0. The predicted molar refractivity (Wildman–Crippen MR) is 91.3 cm³/mol. The molecule has 3 saturated heterocycles. The van der Waals surface area contributed by atoms with E-state index in [1.807, 2.05) is 30.3 Å². The monoisotopic (exact) mass is 360 g/mol. The quantitative estimate of drug-likeness (QED) is 0.772. The van der Waals surface area contributed by atoms with Gasteiger partial charge in [0.05, 0.1) is 6.61 Å². The Morgan fingerprint density at radius 3 is 2.12 bits per heavy atom. The number of rotatable bonds is 3. The fraction of sp³-hybridized carbons (Fsp3) is 0.600. The SMILES string of the molecule is O=C[C@H]1CCC[C@]2(OC[C@H](c3ccccc3)O[C@]23CCC[C@H](C=O)O3)O1. The van der Waals surface area contributed by atoms with Crippen LogP contribution in [-0.4, -0.2) is 43.0 Å². The molecule has 0 amide bonds. The molecule has 5 atom stereocenters. The van der Waals surface area contributed by atoms with Crippen molar-refractivity contribution in [2.75, 3.05) is 6.61 Å². The largest absolute Gasteiger partial charge is 0.342 e. The Morgan fingerprint density at radius 1 is 0.846 bits per heavy atom. The Kier molecular flexibility index (Phi) is 4.92. The molecule has 0 bridgehead atoms. The summed E-state index contributed by atoms with van der Waals surface area (Å²) < 4.78 is 24.9. The second-order valence-corrected chi connectivity index (χ2v) is 7.20. The Hall–Kier alpha value is -1.60. The lowest BCUT2D eigenvalue weighted by atomic mass is 9.86. The smallest absolute Gasteiger partial charge is 0.225 e. The molecule has 6 nitrogen and oxygen atoms in total. The summed E-state index contributed by atoms with van der Waals surface area (Å²) in [5.74, 6) is -2.33. The first-order chi connectivity index (χ1) is 12.7. The van der Waals surface area contributed by atoms with Gasteiger partial charge in [-0.2, -0.15) is 0 Å². The van der Waals surface area contributed by atoms with Gasteiger partial charge in [0.25, 0.3) is 0 Å². The van der Waals surface area contributed by atoms with Gasteiger partial charge in [0.1, 0.15) is 30.9 Å². The molecule has 3 fully saturated rings. The third-order valence-corrected chi connectivity index (χ3v) is 5.53. The number of hydrogen-bond donors (Lipinski definition) is 0. The number of aldehydes is 2. The number of ether oxygens (including phenoxy) is 4. The zero-order chi connectivity index (χ0) is 18.0. The normalized spacial score (nSPS) is 40.4. The van der Waals surface area contributed by atoms with E-state index in [4.69, 9.17) is 18.9 Å². The van der Waals surface area contributed by atoms with Crippen LogP contribution in [0.4, 0.5) is 0 Å². The highest BCUT2D eigenvalue weighted by atomic mass is 16.8. The van der Waals surface area contributed by atoms with Gasteiger partial charge in [-0.25, -0.2) is 0 Å². The molecule has 26 heavy (non-hydrogen) atoms. The molecule has 6 heteroatoms. The Balaban J connectivity index is 1.68. The lowest BCUT2D eigenvalue weighted by Crippen LogP contribution is -2.68. The van der Waals surface area contributed by atoms with E-state index in [-0.39, 0.29) is 6.10 Å². The van der Waals surface area contributed by atoms with Crippen LogP contribution < -0.4 is 0 Å². The van der Waals surface area contributed by atoms with E-state index >= 15 is 0 Å². The Morgan fingerprint density at radius 2 is 1.46 bits per heavy atom. The number of carbonyl (C=O) groups excluding carboxylic acids is 2. The van der Waals surface area contributed by atoms with Crippen LogP contribution in [0.1, 0.15) is 50.2 Å². The molecule has 3 aliphatic rings. The fourth-order valence-electron chi connectivity index (χ4n) is 4.25. The fourth-order valence-corrected chi connectivity index (χ4v) is 4.25. The second-order valence-electron chi connectivity index (χ2n) is 7.20. The van der Waals surface area contributed by atoms with Crippen molar-refractivity contribution in [3.63, 3.8) is 0 Å². The van der Waals surface area contributed by atoms with Crippen molar-refractivity contribution in [3.8, 4) is 0 Å². The summed E-state index contributed by atoms with van der Waals surface area (Å²) in [6, 6.07) is 9.81. The molecule has 0 N–H and O–H groups in total. The van der Waals surface area contributed by atoms with Crippen LogP contribution in [0.2, 0.25) is 0 Å². The summed E-state index contributed by atoms with van der Waals surface area (Å²) >= 11 is 0. The third-order valence-electron chi connectivity index (χ3n) is 5.53. The molecule has 0 unspecified atom stereocenters. The predicted octanol–water partition coefficient (Wildman–Crippen LogP) is 2.70. The van der Waals surface area contributed by atoms with Crippen molar-refractivity contribution < 1.29 is 28.5 Å². The molecule has 0 aliphatic carbocycles. The summed E-state index contributed by atoms with van der Waals surface area (Å²) in [6.07, 6.45) is 4.19. The van der Waals surface area contributed by atoms with Crippen LogP contribution in [0, 0.1) is 0 Å². The first-order valence-corrected chi connectivity index (χ1v) is 9.33. The van der Waals surface area contributed by atoms with Crippen LogP contribution in [-0.2, 0) is 28.5 Å². The molecule has 0 aromatic heterocycles. The topological polar surface area (TPSA) is 71.1 Å². The molecular weight excluding hydrogens is 336 g/mol. The first-order valence-electron chi connectivity index (χ1n) is 9.33. The second kappa shape index (κ2) is 7.19. The number of carbonyl (C=O) groups is 2. The van der Waals surface area contributed by atoms with Crippen LogP contribution in [0.3, 0.4) is 0 Å². The summed E-state index contributed by atoms with van der Waals surface area (Å²) in [5, 5.41) is 0. The molecule has 0 saturated carbocycles. The Bertz CT molecular complexity index is 649. The zero-order valence-corrected chi connectivity index (χ0v) is 14.7. The maximum atomic E-state index is 11.4. The van der Waals surface area contributed by atoms with E-state index in [0.29, 0.717) is 32.3 Å². The minimum absolute atomic E-state index is 0.312. The maximum Gasteiger partial charge on any atom is 0.225 e. The molecular formula is C20H24O6. The van der Waals surface area contributed by atoms with E-state index in [1.165, 1.54) is 0 Å². The minimum atomic E-state index is -1.18. The summed E-state index contributed by atoms with van der Waals surface area (Å²) in [4.78, 5) is 22.8. The van der Waals surface area contributed by atoms with Gasteiger partial charge in [-0.3, -0.25) is 0 Å². The van der Waals surface area contributed by atoms with E-state index in [1.54, 1.807) is 0 Å². The van der Waals surface area contributed by atoms with Crippen LogP contribution in [0.15, 0.2) is 30.3 Å². The van der Waals surface area contributed by atoms with Gasteiger partial charge >= 0.3 is 0 Å². The van der Waals surface area contributed by atoms with Gasteiger partial charge in [0.2, 0.25) is 11.6 Å². The molecule has 2 spiro atoms. The highest BCUT2D eigenvalue weighted by Crippen LogP contribution is 2.51. The first kappa shape index (κ1) is 17.8. The van der Waals surface area contributed by atoms with Gasteiger partial charge < -0.3 is 28.5 Å². The van der Waals surface area contributed by atoms with Crippen molar-refractivity contribution in [2.24, 2.45) is 0 Å². The minimum Gasteiger partial charge on any atom is -0.342 e. The Labute approximate surface area is 152 Å². The van der Waals surface area contributed by atoms with Crippen LogP contribution >= 0.6 is 0 Å². The highest BCUT2D eigenvalue weighted by molar-refractivity contribution is 5.57. The average molecular weight is 360 g/mol. The van der Waals surface area contributed by atoms with E-state index in [0.717, 1.165) is 31.0 Å². The van der Waals surface area contributed by atoms with Gasteiger partial charge in [0.15, 0.2) is 0 Å². The van der Waals surface area contributed by atoms with E-state index < -0.39 is 23.8 Å². The van der Waals surface area contributed by atoms with Crippen molar-refractivity contribution >= 4 is 12.6 Å². The molecule has 1 aromatic carbocycles. The van der Waals surface area contributed by atoms with Gasteiger partial charge in [-0.15, -0.1) is 0 Å². The maximum absolute atomic E-state index is 11.4. The lowest BCUT2D eigenvalue weighted by molar-refractivity contribution is -0.476. The van der Waals surface area contributed by atoms with Gasteiger partial charge in [-0.1, -0.05) is 30.3 Å². The number of hydrogen-bond acceptors (Lipinski definition) is 6. The zero-order valence-electron chi connectivity index (χ0n) is 14.7. The molecule has 4 rings (SSSR count). The van der Waals surface area contributed by atoms with Crippen LogP contribution in [0.5, 0.6) is 0 Å². The van der Waals surface area contributed by atoms with Crippen molar-refractivity contribution in [1.82, 2.24) is 0 Å². The van der Waals surface area contributed by atoms with Crippen molar-refractivity contribution in [3.05, 3.63) is 35.9 Å². The van der Waals surface area contributed by atoms with E-state index in [2.05, 4.69) is 0 Å². The number of fused-ring (bicyclic) bond motifs is 1. The molecule has 3 aliphatic heterocycles. The highest BCUT2D eigenvalue weighted by Gasteiger charge is 2.63. The van der Waals surface area contributed by atoms with Crippen molar-refractivity contribution in [2.45, 2.75) is 68.4 Å². The van der Waals surface area contributed by atoms with E-state index in [9.17, 15) is 9.59 Å². The molecule has 140 valence electrons. The standard InChI is InChI=1S/C20H24O6/c21-12-16-8-4-10-19(24-16)20(11-5-9-17(13-22)25-20)26-18(14-23-19)15-6-2-1-3-7-15/h1-3,6-7,12-13,16-18H,4-5,8-11,14H2/t16-,17-,18-,19+,20-/m1/s1. The lowest BCUT2D eigenvalue weighted by Gasteiger charge is -2.57. The molecule has 1 aromatic rings. The molecule has 3 heterocycles. The van der Waals surface area contributed by atoms with Crippen LogP contribution in [0.25, 0.3) is 0 Å².